The third-order valence-corrected chi connectivity index (χ3v) is 2.82. The summed E-state index contributed by atoms with van der Waals surface area (Å²) in [6, 6.07) is 7.08. The lowest BCUT2D eigenvalue weighted by Gasteiger charge is -2.25. The first-order valence-electron chi connectivity index (χ1n) is 6.01. The van der Waals surface area contributed by atoms with Gasteiger partial charge in [0.2, 0.25) is 5.91 Å². The fourth-order valence-corrected chi connectivity index (χ4v) is 1.47. The molecular formula is C14H22N2O2. The van der Waals surface area contributed by atoms with Crippen LogP contribution in [-0.2, 0) is 11.3 Å². The Morgan fingerprint density at radius 3 is 2.67 bits per heavy atom. The lowest BCUT2D eigenvalue weighted by Crippen LogP contribution is -2.48. The molecule has 100 valence electrons. The van der Waals surface area contributed by atoms with Gasteiger partial charge < -0.3 is 15.8 Å². The molecule has 0 aliphatic heterocycles. The smallest absolute Gasteiger partial charge is 0.237 e. The van der Waals surface area contributed by atoms with Crippen molar-refractivity contribution in [1.82, 2.24) is 5.32 Å². The minimum atomic E-state index is -0.511. The Morgan fingerprint density at radius 2 is 2.11 bits per heavy atom. The van der Waals surface area contributed by atoms with Gasteiger partial charge in [-0.1, -0.05) is 32.9 Å². The van der Waals surface area contributed by atoms with Gasteiger partial charge in [0.1, 0.15) is 5.75 Å². The average molecular weight is 250 g/mol. The van der Waals surface area contributed by atoms with E-state index in [0.717, 1.165) is 11.3 Å². The highest BCUT2D eigenvalue weighted by Gasteiger charge is 2.26. The van der Waals surface area contributed by atoms with E-state index in [4.69, 9.17) is 10.5 Å². The number of ether oxygens (including phenoxy) is 1. The van der Waals surface area contributed by atoms with Crippen LogP contribution in [0.4, 0.5) is 0 Å². The van der Waals surface area contributed by atoms with Crippen LogP contribution in [0, 0.1) is 5.41 Å². The quantitative estimate of drug-likeness (QED) is 0.854. The van der Waals surface area contributed by atoms with Gasteiger partial charge >= 0.3 is 0 Å². The second kappa shape index (κ2) is 5.87. The zero-order valence-electron chi connectivity index (χ0n) is 11.5. The molecule has 0 aliphatic rings. The molecule has 1 atom stereocenters. The van der Waals surface area contributed by atoms with Crippen molar-refractivity contribution in [1.29, 1.82) is 0 Å². The molecule has 1 amide bonds. The molecule has 0 spiro atoms. The summed E-state index contributed by atoms with van der Waals surface area (Å²) in [5, 5.41) is 2.84. The van der Waals surface area contributed by atoms with Crippen molar-refractivity contribution < 1.29 is 9.53 Å². The Hall–Kier alpha value is -1.55. The minimum Gasteiger partial charge on any atom is -0.497 e. The number of methoxy groups -OCH3 is 1. The first-order chi connectivity index (χ1) is 8.34. The summed E-state index contributed by atoms with van der Waals surface area (Å²) in [4.78, 5) is 11.9. The second-order valence-electron chi connectivity index (χ2n) is 5.41. The van der Waals surface area contributed by atoms with Crippen LogP contribution in [0.1, 0.15) is 26.3 Å². The van der Waals surface area contributed by atoms with E-state index < -0.39 is 6.04 Å². The van der Waals surface area contributed by atoms with Gasteiger partial charge in [-0.25, -0.2) is 0 Å². The molecule has 0 saturated heterocycles. The summed E-state index contributed by atoms with van der Waals surface area (Å²) >= 11 is 0. The molecule has 0 aliphatic carbocycles. The van der Waals surface area contributed by atoms with Crippen molar-refractivity contribution in [2.45, 2.75) is 33.4 Å². The molecule has 0 aromatic heterocycles. The summed E-state index contributed by atoms with van der Waals surface area (Å²) in [7, 11) is 1.62. The lowest BCUT2D eigenvalue weighted by atomic mass is 9.87. The normalized spacial score (nSPS) is 12.9. The van der Waals surface area contributed by atoms with Gasteiger partial charge in [0.25, 0.3) is 0 Å². The molecule has 0 fully saturated rings. The van der Waals surface area contributed by atoms with E-state index in [-0.39, 0.29) is 11.3 Å². The Bertz CT molecular complexity index is 411. The predicted octanol–water partition coefficient (Wildman–Crippen LogP) is 1.68. The molecule has 0 saturated carbocycles. The zero-order chi connectivity index (χ0) is 13.8. The zero-order valence-corrected chi connectivity index (χ0v) is 11.5. The number of amides is 1. The van der Waals surface area contributed by atoms with Gasteiger partial charge in [0.15, 0.2) is 0 Å². The highest BCUT2D eigenvalue weighted by Crippen LogP contribution is 2.17. The number of nitrogens with two attached hydrogens (primary N) is 1. The number of carbonyl (C=O) groups excluding carboxylic acids is 1. The summed E-state index contributed by atoms with van der Waals surface area (Å²) < 4.78 is 5.13. The van der Waals surface area contributed by atoms with Crippen LogP contribution < -0.4 is 15.8 Å². The van der Waals surface area contributed by atoms with Crippen molar-refractivity contribution in [2.24, 2.45) is 11.1 Å². The van der Waals surface area contributed by atoms with Gasteiger partial charge in [-0.15, -0.1) is 0 Å². The third kappa shape index (κ3) is 4.04. The van der Waals surface area contributed by atoms with Gasteiger partial charge in [-0.3, -0.25) is 4.79 Å². The number of rotatable bonds is 4. The van der Waals surface area contributed by atoms with E-state index in [1.54, 1.807) is 7.11 Å². The first kappa shape index (κ1) is 14.5. The highest BCUT2D eigenvalue weighted by molar-refractivity contribution is 5.82. The van der Waals surface area contributed by atoms with Gasteiger partial charge in [0, 0.05) is 6.54 Å². The van der Waals surface area contributed by atoms with Gasteiger partial charge in [-0.05, 0) is 23.1 Å². The lowest BCUT2D eigenvalue weighted by molar-refractivity contribution is -0.124. The largest absolute Gasteiger partial charge is 0.497 e. The van der Waals surface area contributed by atoms with Crippen molar-refractivity contribution in [3.05, 3.63) is 29.8 Å². The van der Waals surface area contributed by atoms with Crippen LogP contribution in [0.25, 0.3) is 0 Å². The molecule has 1 aromatic rings. The molecule has 0 bridgehead atoms. The Kier molecular flexibility index (Phi) is 4.73. The molecule has 18 heavy (non-hydrogen) atoms. The standard InChI is InChI=1S/C14H22N2O2/c1-14(2,3)12(15)13(17)16-9-10-6-5-7-11(8-10)18-4/h5-8,12H,9,15H2,1-4H3,(H,16,17)/t12-/m1/s1. The molecule has 1 aromatic carbocycles. The van der Waals surface area contributed by atoms with Crippen molar-refractivity contribution in [3.63, 3.8) is 0 Å². The molecule has 4 heteroatoms. The van der Waals surface area contributed by atoms with E-state index >= 15 is 0 Å². The maximum absolute atomic E-state index is 11.9. The number of hydrogen-bond donors (Lipinski definition) is 2. The van der Waals surface area contributed by atoms with Crippen LogP contribution in [-0.4, -0.2) is 19.1 Å². The van der Waals surface area contributed by atoms with Crippen LogP contribution >= 0.6 is 0 Å². The Balaban J connectivity index is 2.57. The molecule has 0 heterocycles. The molecule has 0 radical (unpaired) electrons. The number of benzene rings is 1. The predicted molar refractivity (Wildman–Crippen MR) is 72.3 cm³/mol. The fourth-order valence-electron chi connectivity index (χ4n) is 1.47. The van der Waals surface area contributed by atoms with E-state index in [2.05, 4.69) is 5.32 Å². The maximum Gasteiger partial charge on any atom is 0.237 e. The molecule has 4 nitrogen and oxygen atoms in total. The third-order valence-electron chi connectivity index (χ3n) is 2.82. The molecule has 3 N–H and O–H groups in total. The van der Waals surface area contributed by atoms with Gasteiger partial charge in [-0.2, -0.15) is 0 Å². The Labute approximate surface area is 109 Å². The molecule has 1 rings (SSSR count). The Morgan fingerprint density at radius 1 is 1.44 bits per heavy atom. The van der Waals surface area contributed by atoms with Crippen molar-refractivity contribution in [2.75, 3.05) is 7.11 Å². The second-order valence-corrected chi connectivity index (χ2v) is 5.41. The van der Waals surface area contributed by atoms with E-state index in [9.17, 15) is 4.79 Å². The van der Waals surface area contributed by atoms with Crippen molar-refractivity contribution in [3.8, 4) is 5.75 Å². The van der Waals surface area contributed by atoms with E-state index in [1.165, 1.54) is 0 Å². The molecule has 0 unspecified atom stereocenters. The maximum atomic E-state index is 11.9. The number of nitrogens with one attached hydrogen (secondary N) is 1. The average Bonchev–Trinajstić information content (AvgIpc) is 2.34. The summed E-state index contributed by atoms with van der Waals surface area (Å²) in [6.45, 7) is 6.30. The molecular weight excluding hydrogens is 228 g/mol. The van der Waals surface area contributed by atoms with Crippen LogP contribution in [0.5, 0.6) is 5.75 Å². The minimum absolute atomic E-state index is 0.134. The fraction of sp³-hybridized carbons (Fsp3) is 0.500. The first-order valence-corrected chi connectivity index (χ1v) is 6.01. The topological polar surface area (TPSA) is 64.3 Å². The summed E-state index contributed by atoms with van der Waals surface area (Å²) in [5.74, 6) is 0.646. The number of hydrogen-bond acceptors (Lipinski definition) is 3. The summed E-state index contributed by atoms with van der Waals surface area (Å²) in [5.41, 5.74) is 6.63. The van der Waals surface area contributed by atoms with E-state index in [0.29, 0.717) is 6.54 Å². The van der Waals surface area contributed by atoms with Crippen LogP contribution in [0.3, 0.4) is 0 Å². The summed E-state index contributed by atoms with van der Waals surface area (Å²) in [6.07, 6.45) is 0. The highest BCUT2D eigenvalue weighted by atomic mass is 16.5. The number of carbonyl (C=O) groups is 1. The van der Waals surface area contributed by atoms with Crippen molar-refractivity contribution >= 4 is 5.91 Å². The SMILES string of the molecule is COc1cccc(CNC(=O)[C@@H](N)C(C)(C)C)c1. The van der Waals surface area contributed by atoms with Crippen LogP contribution in [0.2, 0.25) is 0 Å². The van der Waals surface area contributed by atoms with E-state index in [1.807, 2.05) is 45.0 Å². The van der Waals surface area contributed by atoms with Gasteiger partial charge in [0.05, 0.1) is 13.2 Å². The monoisotopic (exact) mass is 250 g/mol. The van der Waals surface area contributed by atoms with Crippen LogP contribution in [0.15, 0.2) is 24.3 Å².